The minimum absolute atomic E-state index is 0.139. The number of hydrogen-bond donors (Lipinski definition) is 1. The van der Waals surface area contributed by atoms with Crippen LogP contribution >= 0.6 is 0 Å². The molecule has 0 saturated carbocycles. The summed E-state index contributed by atoms with van der Waals surface area (Å²) in [6, 6.07) is 11.7. The summed E-state index contributed by atoms with van der Waals surface area (Å²) in [4.78, 5) is 20.3. The Labute approximate surface area is 142 Å². The maximum absolute atomic E-state index is 12.1. The van der Waals surface area contributed by atoms with Crippen LogP contribution in [0.2, 0.25) is 0 Å². The van der Waals surface area contributed by atoms with Crippen molar-refractivity contribution in [3.05, 3.63) is 70.5 Å². The molecule has 0 aliphatic heterocycles. The Balaban J connectivity index is 1.76. The minimum atomic E-state index is -3.93. The van der Waals surface area contributed by atoms with Gasteiger partial charge in [-0.3, -0.25) is 15.1 Å². The Morgan fingerprint density at radius 2 is 1.76 bits per heavy atom. The van der Waals surface area contributed by atoms with E-state index in [1.54, 1.807) is 12.1 Å². The highest BCUT2D eigenvalue weighted by atomic mass is 32.2. The van der Waals surface area contributed by atoms with Gasteiger partial charge in [-0.15, -0.1) is 0 Å². The lowest BCUT2D eigenvalue weighted by Crippen LogP contribution is -2.18. The fraction of sp³-hybridized carbons (Fsp3) is 0. The molecule has 0 radical (unpaired) electrons. The van der Waals surface area contributed by atoms with E-state index in [4.69, 9.17) is 0 Å². The number of hydrazone groups is 1. The molecule has 0 spiro atoms. The molecule has 3 aromatic rings. The van der Waals surface area contributed by atoms with Crippen LogP contribution in [0.1, 0.15) is 5.69 Å². The van der Waals surface area contributed by atoms with Crippen molar-refractivity contribution in [2.75, 3.05) is 0 Å². The third-order valence-corrected chi connectivity index (χ3v) is 4.43. The number of benzene rings is 2. The quantitative estimate of drug-likeness (QED) is 0.422. The lowest BCUT2D eigenvalue weighted by atomic mass is 10.3. The van der Waals surface area contributed by atoms with Crippen molar-refractivity contribution in [2.24, 2.45) is 5.10 Å². The molecule has 0 fully saturated rings. The second-order valence-corrected chi connectivity index (χ2v) is 6.55. The largest absolute Gasteiger partial charge is 0.276 e. The van der Waals surface area contributed by atoms with Crippen LogP contribution in [-0.2, 0) is 10.0 Å². The molecule has 1 N–H and O–H groups in total. The van der Waals surface area contributed by atoms with Gasteiger partial charge in [0.2, 0.25) is 0 Å². The fourth-order valence-electron chi connectivity index (χ4n) is 2.00. The molecular formula is C15H11N5O4S. The number of aromatic nitrogens is 2. The molecule has 126 valence electrons. The number of nitrogens with zero attached hydrogens (tertiary/aromatic N) is 4. The van der Waals surface area contributed by atoms with Gasteiger partial charge in [-0.05, 0) is 24.3 Å². The van der Waals surface area contributed by atoms with Gasteiger partial charge >= 0.3 is 0 Å². The summed E-state index contributed by atoms with van der Waals surface area (Å²) in [6.07, 6.45) is 2.69. The molecule has 0 aliphatic rings. The highest BCUT2D eigenvalue weighted by Crippen LogP contribution is 2.15. The van der Waals surface area contributed by atoms with Gasteiger partial charge in [-0.1, -0.05) is 12.1 Å². The van der Waals surface area contributed by atoms with Crippen LogP contribution in [-0.4, -0.2) is 29.5 Å². The summed E-state index contributed by atoms with van der Waals surface area (Å²) in [5.74, 6) is 0. The van der Waals surface area contributed by atoms with Gasteiger partial charge in [0.1, 0.15) is 5.69 Å². The average Bonchev–Trinajstić information content (AvgIpc) is 2.61. The molecule has 25 heavy (non-hydrogen) atoms. The van der Waals surface area contributed by atoms with Gasteiger partial charge in [-0.2, -0.15) is 13.5 Å². The molecule has 9 nitrogen and oxygen atoms in total. The molecule has 0 aliphatic carbocycles. The first-order chi connectivity index (χ1) is 12.0. The van der Waals surface area contributed by atoms with Crippen LogP contribution < -0.4 is 4.83 Å². The zero-order valence-corrected chi connectivity index (χ0v) is 13.4. The van der Waals surface area contributed by atoms with Crippen LogP contribution in [0.3, 0.4) is 0 Å². The highest BCUT2D eigenvalue weighted by molar-refractivity contribution is 7.89. The monoisotopic (exact) mass is 357 g/mol. The zero-order valence-electron chi connectivity index (χ0n) is 12.6. The number of nitrogens with one attached hydrogen (secondary N) is 1. The Morgan fingerprint density at radius 3 is 2.44 bits per heavy atom. The number of nitro groups is 1. The van der Waals surface area contributed by atoms with E-state index in [1.165, 1.54) is 12.4 Å². The van der Waals surface area contributed by atoms with E-state index in [0.29, 0.717) is 16.7 Å². The van der Waals surface area contributed by atoms with Crippen molar-refractivity contribution in [3.63, 3.8) is 0 Å². The van der Waals surface area contributed by atoms with E-state index in [0.717, 1.165) is 24.3 Å². The van der Waals surface area contributed by atoms with Gasteiger partial charge in [0, 0.05) is 12.1 Å². The molecule has 0 unspecified atom stereocenters. The van der Waals surface area contributed by atoms with E-state index >= 15 is 0 Å². The molecular weight excluding hydrogens is 346 g/mol. The lowest BCUT2D eigenvalue weighted by Gasteiger charge is -2.03. The SMILES string of the molecule is O=[N+]([O-])c1ccc(S(=O)(=O)N/N=C/c2cnc3ccccc3n2)cc1. The summed E-state index contributed by atoms with van der Waals surface area (Å²) < 4.78 is 24.2. The molecule has 1 heterocycles. The number of fused-ring (bicyclic) bond motifs is 1. The number of para-hydroxylation sites is 2. The zero-order chi connectivity index (χ0) is 17.9. The lowest BCUT2D eigenvalue weighted by molar-refractivity contribution is -0.384. The molecule has 1 aromatic heterocycles. The molecule has 0 amide bonds. The summed E-state index contributed by atoms with van der Waals surface area (Å²) in [6.45, 7) is 0. The third kappa shape index (κ3) is 3.75. The standard InChI is InChI=1S/C15H11N5O4S/c21-20(22)12-5-7-13(8-6-12)25(23,24)19-17-10-11-9-16-14-3-1-2-4-15(14)18-11/h1-10,19H/b17-10+. The summed E-state index contributed by atoms with van der Waals surface area (Å²) in [5.41, 5.74) is 1.55. The number of sulfonamides is 1. The normalized spacial score (nSPS) is 11.7. The van der Waals surface area contributed by atoms with E-state index in [2.05, 4.69) is 15.1 Å². The predicted octanol–water partition coefficient (Wildman–Crippen LogP) is 1.85. The van der Waals surface area contributed by atoms with Crippen LogP contribution in [0.25, 0.3) is 11.0 Å². The first kappa shape index (κ1) is 16.5. The van der Waals surface area contributed by atoms with Crippen LogP contribution in [0, 0.1) is 10.1 Å². The first-order valence-corrected chi connectivity index (χ1v) is 8.45. The minimum Gasteiger partial charge on any atom is -0.258 e. The van der Waals surface area contributed by atoms with Crippen molar-refractivity contribution in [1.82, 2.24) is 14.8 Å². The predicted molar refractivity (Wildman–Crippen MR) is 90.5 cm³/mol. The number of nitro benzene ring substituents is 1. The maximum Gasteiger partial charge on any atom is 0.276 e. The van der Waals surface area contributed by atoms with Crippen molar-refractivity contribution in [2.45, 2.75) is 4.90 Å². The van der Waals surface area contributed by atoms with Crippen LogP contribution in [0.4, 0.5) is 5.69 Å². The topological polar surface area (TPSA) is 127 Å². The van der Waals surface area contributed by atoms with Crippen molar-refractivity contribution in [3.8, 4) is 0 Å². The Morgan fingerprint density at radius 1 is 1.08 bits per heavy atom. The van der Waals surface area contributed by atoms with E-state index in [9.17, 15) is 18.5 Å². The van der Waals surface area contributed by atoms with Crippen LogP contribution in [0.5, 0.6) is 0 Å². The molecule has 0 saturated heterocycles. The van der Waals surface area contributed by atoms with Crippen molar-refractivity contribution < 1.29 is 13.3 Å². The summed E-state index contributed by atoms with van der Waals surface area (Å²) in [7, 11) is -3.93. The third-order valence-electron chi connectivity index (χ3n) is 3.19. The van der Waals surface area contributed by atoms with Crippen molar-refractivity contribution in [1.29, 1.82) is 0 Å². The molecule has 10 heteroatoms. The molecule has 2 aromatic carbocycles. The number of non-ortho nitro benzene ring substituents is 1. The van der Waals surface area contributed by atoms with Gasteiger partial charge < -0.3 is 0 Å². The van der Waals surface area contributed by atoms with Gasteiger partial charge in [0.05, 0.1) is 33.3 Å². The molecule has 3 rings (SSSR count). The second-order valence-electron chi connectivity index (χ2n) is 4.89. The fourth-order valence-corrected chi connectivity index (χ4v) is 2.79. The Hall–Kier alpha value is -3.40. The molecule has 0 atom stereocenters. The highest BCUT2D eigenvalue weighted by Gasteiger charge is 2.14. The smallest absolute Gasteiger partial charge is 0.258 e. The van der Waals surface area contributed by atoms with Gasteiger partial charge in [0.15, 0.2) is 0 Å². The van der Waals surface area contributed by atoms with E-state index < -0.39 is 14.9 Å². The Bertz CT molecular complexity index is 1060. The number of rotatable bonds is 5. The maximum atomic E-state index is 12.1. The average molecular weight is 357 g/mol. The van der Waals surface area contributed by atoms with Crippen LogP contribution in [0.15, 0.2) is 64.7 Å². The Kier molecular flexibility index (Phi) is 4.35. The molecule has 0 bridgehead atoms. The van der Waals surface area contributed by atoms with E-state index in [1.807, 2.05) is 17.0 Å². The summed E-state index contributed by atoms with van der Waals surface area (Å²) >= 11 is 0. The van der Waals surface area contributed by atoms with Gasteiger partial charge in [0.25, 0.3) is 15.7 Å². The van der Waals surface area contributed by atoms with Gasteiger partial charge in [-0.25, -0.2) is 9.82 Å². The van der Waals surface area contributed by atoms with E-state index in [-0.39, 0.29) is 10.6 Å². The summed E-state index contributed by atoms with van der Waals surface area (Å²) in [5, 5.41) is 14.2. The van der Waals surface area contributed by atoms with Crippen molar-refractivity contribution >= 4 is 33.0 Å². The first-order valence-electron chi connectivity index (χ1n) is 6.97. The second kappa shape index (κ2) is 6.61. The number of hydrogen-bond acceptors (Lipinski definition) is 7.